The zero-order chi connectivity index (χ0) is 17.8. The van der Waals surface area contributed by atoms with E-state index < -0.39 is 0 Å². The first kappa shape index (κ1) is 17.2. The average molecular weight is 339 g/mol. The lowest BCUT2D eigenvalue weighted by atomic mass is 10.0. The minimum atomic E-state index is -0.388. The van der Waals surface area contributed by atoms with Crippen LogP contribution < -0.4 is 4.90 Å². The minimum absolute atomic E-state index is 0.0710. The molecule has 3 rings (SSSR count). The first-order valence-electron chi connectivity index (χ1n) is 8.61. The topological polar surface area (TPSA) is 73.6 Å². The van der Waals surface area contributed by atoms with Gasteiger partial charge in [0, 0.05) is 25.2 Å². The van der Waals surface area contributed by atoms with E-state index in [4.69, 9.17) is 4.74 Å². The fourth-order valence-corrected chi connectivity index (χ4v) is 3.20. The zero-order valence-corrected chi connectivity index (χ0v) is 14.3. The molecule has 2 aliphatic rings. The highest BCUT2D eigenvalue weighted by atomic mass is 16.5. The number of para-hydroxylation sites is 1. The molecule has 1 fully saturated rings. The van der Waals surface area contributed by atoms with Crippen LogP contribution in [0.2, 0.25) is 0 Å². The number of ether oxygens (including phenoxy) is 1. The summed E-state index contributed by atoms with van der Waals surface area (Å²) < 4.78 is 5.26. The summed E-state index contributed by atoms with van der Waals surface area (Å²) in [6, 6.07) is 9.35. The lowest BCUT2D eigenvalue weighted by Crippen LogP contribution is -2.41. The summed E-state index contributed by atoms with van der Waals surface area (Å²) in [4.78, 5) is 29.1. The van der Waals surface area contributed by atoms with Crippen LogP contribution in [0, 0.1) is 11.3 Å². The predicted octanol–water partition coefficient (Wildman–Crippen LogP) is 1.97. The second-order valence-electron chi connectivity index (χ2n) is 6.09. The molecule has 130 valence electrons. The predicted molar refractivity (Wildman–Crippen MR) is 93.6 cm³/mol. The third-order valence-electron chi connectivity index (χ3n) is 4.53. The van der Waals surface area contributed by atoms with Crippen molar-refractivity contribution < 1.29 is 14.3 Å². The van der Waals surface area contributed by atoms with E-state index >= 15 is 0 Å². The second-order valence-corrected chi connectivity index (χ2v) is 6.09. The lowest BCUT2D eigenvalue weighted by molar-refractivity contribution is -0.130. The Balaban J connectivity index is 2.03. The SMILES string of the molecule is CCCCN1C(=O)C(=C(C#N)C(=O)N2CCOCC2)c2ccccc21. The van der Waals surface area contributed by atoms with Gasteiger partial charge in [0.05, 0.1) is 24.5 Å². The number of morpholine rings is 1. The van der Waals surface area contributed by atoms with Crippen molar-refractivity contribution in [1.29, 1.82) is 5.26 Å². The van der Waals surface area contributed by atoms with E-state index in [0.29, 0.717) is 38.4 Å². The molecule has 1 aromatic carbocycles. The number of amides is 2. The van der Waals surface area contributed by atoms with E-state index in [2.05, 4.69) is 6.92 Å². The van der Waals surface area contributed by atoms with Gasteiger partial charge in [-0.3, -0.25) is 9.59 Å². The Hall–Kier alpha value is -2.65. The van der Waals surface area contributed by atoms with Gasteiger partial charge in [-0.2, -0.15) is 5.26 Å². The van der Waals surface area contributed by atoms with Crippen LogP contribution in [0.4, 0.5) is 5.69 Å². The number of unbranched alkanes of at least 4 members (excludes halogenated alkanes) is 1. The molecule has 2 aliphatic heterocycles. The number of rotatable bonds is 4. The van der Waals surface area contributed by atoms with Crippen LogP contribution >= 0.6 is 0 Å². The van der Waals surface area contributed by atoms with Crippen molar-refractivity contribution in [1.82, 2.24) is 4.90 Å². The largest absolute Gasteiger partial charge is 0.378 e. The monoisotopic (exact) mass is 339 g/mol. The van der Waals surface area contributed by atoms with E-state index in [1.54, 1.807) is 15.9 Å². The average Bonchev–Trinajstić information content (AvgIpc) is 2.93. The van der Waals surface area contributed by atoms with Gasteiger partial charge in [-0.25, -0.2) is 0 Å². The van der Waals surface area contributed by atoms with E-state index in [-0.39, 0.29) is 23.0 Å². The number of anilines is 1. The third kappa shape index (κ3) is 3.15. The van der Waals surface area contributed by atoms with Crippen molar-refractivity contribution in [2.45, 2.75) is 19.8 Å². The van der Waals surface area contributed by atoms with E-state index in [1.807, 2.05) is 24.3 Å². The molecule has 0 bridgehead atoms. The summed E-state index contributed by atoms with van der Waals surface area (Å²) in [6.45, 7) is 4.42. The fourth-order valence-electron chi connectivity index (χ4n) is 3.20. The Labute approximate surface area is 147 Å². The van der Waals surface area contributed by atoms with Crippen molar-refractivity contribution in [3.63, 3.8) is 0 Å². The molecule has 1 saturated heterocycles. The van der Waals surface area contributed by atoms with Crippen molar-refractivity contribution in [3.8, 4) is 6.07 Å². The van der Waals surface area contributed by atoms with Gasteiger partial charge in [-0.15, -0.1) is 0 Å². The maximum absolute atomic E-state index is 13.0. The highest BCUT2D eigenvalue weighted by molar-refractivity contribution is 6.37. The van der Waals surface area contributed by atoms with Crippen LogP contribution in [-0.2, 0) is 14.3 Å². The number of nitriles is 1. The molecule has 0 unspecified atom stereocenters. The Kier molecular flexibility index (Phi) is 5.15. The van der Waals surface area contributed by atoms with Gasteiger partial charge in [0.15, 0.2) is 0 Å². The quantitative estimate of drug-likeness (QED) is 0.621. The number of hydrogen-bond acceptors (Lipinski definition) is 4. The van der Waals surface area contributed by atoms with Gasteiger partial charge in [0.1, 0.15) is 11.6 Å². The Morgan fingerprint density at radius 2 is 2.00 bits per heavy atom. The maximum atomic E-state index is 13.0. The number of carbonyl (C=O) groups is 2. The van der Waals surface area contributed by atoms with Crippen LogP contribution in [0.1, 0.15) is 25.3 Å². The van der Waals surface area contributed by atoms with Crippen LogP contribution in [0.5, 0.6) is 0 Å². The van der Waals surface area contributed by atoms with Gasteiger partial charge in [0.25, 0.3) is 11.8 Å². The molecule has 0 saturated carbocycles. The summed E-state index contributed by atoms with van der Waals surface area (Å²) in [7, 11) is 0. The lowest BCUT2D eigenvalue weighted by Gasteiger charge is -2.26. The highest BCUT2D eigenvalue weighted by Crippen LogP contribution is 2.38. The Bertz CT molecular complexity index is 757. The smallest absolute Gasteiger partial charge is 0.265 e. The van der Waals surface area contributed by atoms with Crippen LogP contribution in [0.15, 0.2) is 29.8 Å². The normalized spacial score (nSPS) is 18.8. The Morgan fingerprint density at radius 1 is 1.28 bits per heavy atom. The van der Waals surface area contributed by atoms with Gasteiger partial charge in [-0.05, 0) is 12.5 Å². The molecular formula is C19H21N3O3. The van der Waals surface area contributed by atoms with Crippen molar-refractivity contribution in [2.24, 2.45) is 0 Å². The summed E-state index contributed by atoms with van der Waals surface area (Å²) in [5.41, 5.74) is 1.60. The molecule has 2 heterocycles. The molecule has 0 radical (unpaired) electrons. The molecule has 0 atom stereocenters. The number of benzene rings is 1. The highest BCUT2D eigenvalue weighted by Gasteiger charge is 2.37. The fraction of sp³-hybridized carbons (Fsp3) is 0.421. The van der Waals surface area contributed by atoms with Crippen LogP contribution in [0.25, 0.3) is 5.57 Å². The maximum Gasteiger partial charge on any atom is 0.265 e. The van der Waals surface area contributed by atoms with E-state index in [0.717, 1.165) is 18.5 Å². The third-order valence-corrected chi connectivity index (χ3v) is 4.53. The van der Waals surface area contributed by atoms with Gasteiger partial charge < -0.3 is 14.5 Å². The first-order chi connectivity index (χ1) is 12.2. The number of nitrogens with zero attached hydrogens (tertiary/aromatic N) is 3. The molecule has 6 nitrogen and oxygen atoms in total. The van der Waals surface area contributed by atoms with Gasteiger partial charge in [-0.1, -0.05) is 31.5 Å². The summed E-state index contributed by atoms with van der Waals surface area (Å²) in [5.74, 6) is -0.644. The van der Waals surface area contributed by atoms with Crippen LogP contribution in [0.3, 0.4) is 0 Å². The second kappa shape index (κ2) is 7.49. The molecule has 6 heteroatoms. The molecule has 0 spiro atoms. The standard InChI is InChI=1S/C19H21N3O3/c1-2-3-8-22-16-7-5-4-6-14(16)17(19(22)24)15(13-20)18(23)21-9-11-25-12-10-21/h4-7H,2-3,8-12H2,1H3. The molecule has 0 N–H and O–H groups in total. The number of carbonyl (C=O) groups excluding carboxylic acids is 2. The molecule has 1 aromatic rings. The van der Waals surface area contributed by atoms with Gasteiger partial charge >= 0.3 is 0 Å². The summed E-state index contributed by atoms with van der Waals surface area (Å²) in [5, 5.41) is 9.64. The Morgan fingerprint density at radius 3 is 2.68 bits per heavy atom. The summed E-state index contributed by atoms with van der Waals surface area (Å²) in [6.07, 6.45) is 1.83. The molecule has 25 heavy (non-hydrogen) atoms. The van der Waals surface area contributed by atoms with E-state index in [9.17, 15) is 14.9 Å². The zero-order valence-electron chi connectivity index (χ0n) is 14.3. The molecule has 0 aromatic heterocycles. The van der Waals surface area contributed by atoms with Crippen molar-refractivity contribution >= 4 is 23.1 Å². The van der Waals surface area contributed by atoms with Gasteiger partial charge in [0.2, 0.25) is 0 Å². The molecular weight excluding hydrogens is 318 g/mol. The first-order valence-corrected chi connectivity index (χ1v) is 8.61. The molecule has 0 aliphatic carbocycles. The number of hydrogen-bond donors (Lipinski definition) is 0. The molecule has 2 amide bonds. The van der Waals surface area contributed by atoms with Crippen molar-refractivity contribution in [3.05, 3.63) is 35.4 Å². The van der Waals surface area contributed by atoms with Crippen LogP contribution in [-0.4, -0.2) is 49.6 Å². The minimum Gasteiger partial charge on any atom is -0.378 e. The summed E-state index contributed by atoms with van der Waals surface area (Å²) >= 11 is 0. The number of fused-ring (bicyclic) bond motifs is 1. The van der Waals surface area contributed by atoms with Crippen molar-refractivity contribution in [2.75, 3.05) is 37.7 Å². The van der Waals surface area contributed by atoms with E-state index in [1.165, 1.54) is 0 Å².